The van der Waals surface area contributed by atoms with Crippen LogP contribution in [-0.4, -0.2) is 34.6 Å². The molecule has 2 aromatic carbocycles. The molecular formula is C19H14F3N5O3S. The Balaban J connectivity index is 2.09. The maximum atomic E-state index is 15.8. The molecule has 0 saturated carbocycles. The topological polar surface area (TPSA) is 126 Å². The van der Waals surface area contributed by atoms with Crippen molar-refractivity contribution in [3.05, 3.63) is 51.4 Å². The molecule has 5 rings (SSSR count). The molecule has 0 atom stereocenters. The van der Waals surface area contributed by atoms with Gasteiger partial charge >= 0.3 is 5.97 Å². The number of carboxylic acid groups (broad SMARTS) is 1. The van der Waals surface area contributed by atoms with Crippen LogP contribution >= 0.6 is 11.3 Å². The number of nitrogens with zero attached hydrogens (tertiary/aromatic N) is 2. The number of nitrogens with two attached hydrogens (primary N) is 2. The van der Waals surface area contributed by atoms with Gasteiger partial charge in [0.25, 0.3) is 0 Å². The number of thiazole rings is 1. The Morgan fingerprint density at radius 2 is 1.94 bits per heavy atom. The maximum absolute atomic E-state index is 15.8. The lowest BCUT2D eigenvalue weighted by Crippen LogP contribution is -2.56. The van der Waals surface area contributed by atoms with Crippen molar-refractivity contribution < 1.29 is 23.1 Å². The Kier molecular flexibility index (Phi) is 4.16. The normalized spacial score (nSPS) is 14.5. The predicted octanol–water partition coefficient (Wildman–Crippen LogP) is 2.22. The smallest absolute Gasteiger partial charge is 0.342 e. The zero-order valence-electron chi connectivity index (χ0n) is 15.6. The molecule has 0 spiro atoms. The zero-order chi connectivity index (χ0) is 22.2. The molecule has 0 aliphatic carbocycles. The molecule has 3 heterocycles. The van der Waals surface area contributed by atoms with Gasteiger partial charge in [0.15, 0.2) is 11.6 Å². The summed E-state index contributed by atoms with van der Waals surface area (Å²) in [4.78, 5) is 26.3. The van der Waals surface area contributed by atoms with E-state index in [4.69, 9.17) is 11.6 Å². The van der Waals surface area contributed by atoms with Gasteiger partial charge in [-0.3, -0.25) is 15.0 Å². The van der Waals surface area contributed by atoms with Crippen molar-refractivity contribution in [3.8, 4) is 0 Å². The number of fused-ring (bicyclic) bond motifs is 5. The Morgan fingerprint density at radius 1 is 1.23 bits per heavy atom. The summed E-state index contributed by atoms with van der Waals surface area (Å²) < 4.78 is 46.3. The minimum absolute atomic E-state index is 0.106. The molecule has 0 bridgehead atoms. The van der Waals surface area contributed by atoms with Crippen LogP contribution in [0.2, 0.25) is 0 Å². The van der Waals surface area contributed by atoms with E-state index in [1.807, 2.05) is 0 Å². The fraction of sp³-hybridized carbons (Fsp3) is 0.158. The van der Waals surface area contributed by atoms with Gasteiger partial charge in [-0.15, -0.1) is 11.3 Å². The molecule has 0 unspecified atom stereocenters. The molecule has 0 radical (unpaired) electrons. The number of anilines is 2. The van der Waals surface area contributed by atoms with E-state index in [1.54, 1.807) is 0 Å². The molecule has 1 fully saturated rings. The minimum Gasteiger partial charge on any atom is -0.477 e. The number of carboxylic acids is 1. The van der Waals surface area contributed by atoms with Crippen LogP contribution in [0, 0.1) is 17.5 Å². The molecule has 4 aromatic rings. The van der Waals surface area contributed by atoms with Crippen LogP contribution in [0.25, 0.3) is 25.9 Å². The molecule has 1 aliphatic heterocycles. The second-order valence-corrected chi connectivity index (χ2v) is 8.28. The van der Waals surface area contributed by atoms with E-state index < -0.39 is 51.2 Å². The summed E-state index contributed by atoms with van der Waals surface area (Å²) in [6, 6.07) is 3.33. The standard InChI is InChI=1S/C19H14F3N5O3S/c20-6-1-2-8-9(3-6)31-18-11(19(29)30)17(28)10-14(25-24)12(21)16(26-4-7(23)5-26)13(22)15(10)27(8)18/h1-3,7,25H,4-5,23-24H2,(H,29,30). The second kappa shape index (κ2) is 6.57. The van der Waals surface area contributed by atoms with Gasteiger partial charge in [0.05, 0.1) is 21.1 Å². The van der Waals surface area contributed by atoms with Crippen molar-refractivity contribution in [1.82, 2.24) is 4.40 Å². The maximum Gasteiger partial charge on any atom is 0.342 e. The van der Waals surface area contributed by atoms with E-state index in [0.717, 1.165) is 23.5 Å². The van der Waals surface area contributed by atoms with Gasteiger partial charge in [-0.2, -0.15) is 0 Å². The number of hydrogen-bond acceptors (Lipinski definition) is 7. The molecular weight excluding hydrogens is 435 g/mol. The van der Waals surface area contributed by atoms with Gasteiger partial charge < -0.3 is 21.2 Å². The average Bonchev–Trinajstić information content (AvgIpc) is 3.04. The number of nitrogen functional groups attached to an aromatic ring is 1. The van der Waals surface area contributed by atoms with E-state index in [2.05, 4.69) is 5.43 Å². The predicted molar refractivity (Wildman–Crippen MR) is 111 cm³/mol. The number of nitrogens with one attached hydrogen (secondary N) is 1. The first-order valence-electron chi connectivity index (χ1n) is 9.06. The first kappa shape index (κ1) is 19.6. The summed E-state index contributed by atoms with van der Waals surface area (Å²) in [6.45, 7) is 0.369. The van der Waals surface area contributed by atoms with Gasteiger partial charge in [-0.1, -0.05) is 0 Å². The summed E-state index contributed by atoms with van der Waals surface area (Å²) in [6.07, 6.45) is 0. The molecule has 31 heavy (non-hydrogen) atoms. The number of aromatic carboxylic acids is 1. The fourth-order valence-electron chi connectivity index (χ4n) is 4.01. The highest BCUT2D eigenvalue weighted by Crippen LogP contribution is 2.40. The summed E-state index contributed by atoms with van der Waals surface area (Å²) in [7, 11) is 0. The van der Waals surface area contributed by atoms with E-state index in [9.17, 15) is 19.1 Å². The van der Waals surface area contributed by atoms with Crippen molar-refractivity contribution in [1.29, 1.82) is 0 Å². The van der Waals surface area contributed by atoms with Crippen molar-refractivity contribution >= 4 is 54.6 Å². The quantitative estimate of drug-likeness (QED) is 0.279. The van der Waals surface area contributed by atoms with Gasteiger partial charge in [0, 0.05) is 19.1 Å². The molecule has 1 saturated heterocycles. The van der Waals surface area contributed by atoms with Gasteiger partial charge in [-0.25, -0.2) is 18.0 Å². The number of hydrogen-bond donors (Lipinski definition) is 4. The highest BCUT2D eigenvalue weighted by Gasteiger charge is 2.34. The molecule has 6 N–H and O–H groups in total. The Hall–Kier alpha value is -3.35. The highest BCUT2D eigenvalue weighted by molar-refractivity contribution is 7.24. The Labute approximate surface area is 175 Å². The van der Waals surface area contributed by atoms with Gasteiger partial charge in [0.2, 0.25) is 5.43 Å². The van der Waals surface area contributed by atoms with Crippen molar-refractivity contribution in [2.45, 2.75) is 6.04 Å². The number of rotatable bonds is 3. The number of benzene rings is 2. The fourth-order valence-corrected chi connectivity index (χ4v) is 5.22. The van der Waals surface area contributed by atoms with E-state index >= 15 is 8.78 Å². The van der Waals surface area contributed by atoms with Crippen molar-refractivity contribution in [3.63, 3.8) is 0 Å². The first-order chi connectivity index (χ1) is 14.7. The van der Waals surface area contributed by atoms with Crippen LogP contribution in [0.3, 0.4) is 0 Å². The lowest BCUT2D eigenvalue weighted by molar-refractivity contribution is 0.0697. The van der Waals surface area contributed by atoms with Crippen LogP contribution in [0.5, 0.6) is 0 Å². The highest BCUT2D eigenvalue weighted by atomic mass is 32.1. The van der Waals surface area contributed by atoms with Crippen LogP contribution in [0.15, 0.2) is 23.0 Å². The number of hydrazine groups is 1. The van der Waals surface area contributed by atoms with E-state index in [1.165, 1.54) is 15.4 Å². The number of pyridine rings is 1. The Morgan fingerprint density at radius 3 is 2.55 bits per heavy atom. The summed E-state index contributed by atoms with van der Waals surface area (Å²) >= 11 is 0.817. The molecule has 8 nitrogen and oxygen atoms in total. The lowest BCUT2D eigenvalue weighted by atomic mass is 10.0. The first-order valence-corrected chi connectivity index (χ1v) is 9.88. The van der Waals surface area contributed by atoms with Gasteiger partial charge in [-0.05, 0) is 18.2 Å². The number of aromatic nitrogens is 1. The third kappa shape index (κ3) is 2.55. The van der Waals surface area contributed by atoms with Crippen LogP contribution < -0.4 is 27.3 Å². The van der Waals surface area contributed by atoms with Crippen molar-refractivity contribution in [2.24, 2.45) is 11.6 Å². The number of halogens is 3. The van der Waals surface area contributed by atoms with E-state index in [0.29, 0.717) is 0 Å². The molecule has 160 valence electrons. The van der Waals surface area contributed by atoms with Crippen LogP contribution in [-0.2, 0) is 0 Å². The lowest BCUT2D eigenvalue weighted by Gasteiger charge is -2.39. The van der Waals surface area contributed by atoms with Crippen LogP contribution in [0.4, 0.5) is 24.5 Å². The molecule has 1 aliphatic rings. The second-order valence-electron chi connectivity index (χ2n) is 7.25. The van der Waals surface area contributed by atoms with Crippen molar-refractivity contribution in [2.75, 3.05) is 23.4 Å². The monoisotopic (exact) mass is 449 g/mol. The minimum atomic E-state index is -1.59. The molecule has 0 amide bonds. The van der Waals surface area contributed by atoms with Gasteiger partial charge in [0.1, 0.15) is 27.6 Å². The third-order valence-corrected chi connectivity index (χ3v) is 6.51. The summed E-state index contributed by atoms with van der Waals surface area (Å²) in [5.41, 5.74) is 4.97. The summed E-state index contributed by atoms with van der Waals surface area (Å²) in [5, 5.41) is 9.13. The largest absolute Gasteiger partial charge is 0.477 e. The SMILES string of the molecule is NNc1c(F)c(N2CC(N)C2)c(F)c2c1c(=O)c(C(=O)O)c1sc3cc(F)ccc3n12. The number of carbonyl (C=O) groups is 1. The Bertz CT molecular complexity index is 1490. The molecule has 12 heteroatoms. The van der Waals surface area contributed by atoms with E-state index in [-0.39, 0.29) is 39.7 Å². The summed E-state index contributed by atoms with van der Waals surface area (Å²) in [5.74, 6) is 1.11. The molecule has 2 aromatic heterocycles. The average molecular weight is 449 g/mol. The third-order valence-electron chi connectivity index (χ3n) is 5.38. The zero-order valence-corrected chi connectivity index (χ0v) is 16.4. The van der Waals surface area contributed by atoms with Crippen LogP contribution in [0.1, 0.15) is 10.4 Å².